The average molecular weight is 214 g/mol. The molecular formula is C12H20ClN. The van der Waals surface area contributed by atoms with Gasteiger partial charge in [0.1, 0.15) is 0 Å². The molecule has 0 saturated carbocycles. The van der Waals surface area contributed by atoms with Crippen molar-refractivity contribution in [1.29, 1.82) is 0 Å². The fourth-order valence-corrected chi connectivity index (χ4v) is 1.33. The summed E-state index contributed by atoms with van der Waals surface area (Å²) in [6.07, 6.45) is 2.53. The Balaban J connectivity index is 0.00000169. The zero-order chi connectivity index (χ0) is 9.52. The summed E-state index contributed by atoms with van der Waals surface area (Å²) >= 11 is 0. The quantitative estimate of drug-likeness (QED) is 0.741. The highest BCUT2D eigenvalue weighted by Gasteiger charge is 1.94. The van der Waals surface area contributed by atoms with E-state index >= 15 is 0 Å². The van der Waals surface area contributed by atoms with Crippen LogP contribution in [0.15, 0.2) is 24.3 Å². The minimum atomic E-state index is 0. The molecule has 0 aliphatic heterocycles. The summed E-state index contributed by atoms with van der Waals surface area (Å²) in [5.41, 5.74) is 2.80. The van der Waals surface area contributed by atoms with Crippen LogP contribution in [-0.4, -0.2) is 6.54 Å². The van der Waals surface area contributed by atoms with E-state index in [1.165, 1.54) is 24.0 Å². The second-order valence-corrected chi connectivity index (χ2v) is 3.46. The minimum Gasteiger partial charge on any atom is -0.313 e. The zero-order valence-corrected chi connectivity index (χ0v) is 9.86. The third kappa shape index (κ3) is 4.64. The van der Waals surface area contributed by atoms with Crippen molar-refractivity contribution in [2.24, 2.45) is 0 Å². The van der Waals surface area contributed by atoms with Gasteiger partial charge in [-0.3, -0.25) is 0 Å². The van der Waals surface area contributed by atoms with Crippen molar-refractivity contribution in [2.45, 2.75) is 33.2 Å². The largest absolute Gasteiger partial charge is 0.313 e. The molecule has 1 aromatic carbocycles. The molecule has 0 spiro atoms. The smallest absolute Gasteiger partial charge is 0.0208 e. The van der Waals surface area contributed by atoms with E-state index in [-0.39, 0.29) is 12.4 Å². The molecule has 0 bridgehead atoms. The molecule has 0 radical (unpaired) electrons. The monoisotopic (exact) mass is 213 g/mol. The van der Waals surface area contributed by atoms with Crippen molar-refractivity contribution >= 4 is 12.4 Å². The number of halogens is 1. The summed E-state index contributed by atoms with van der Waals surface area (Å²) in [5.74, 6) is 0. The summed E-state index contributed by atoms with van der Waals surface area (Å²) < 4.78 is 0. The standard InChI is InChI=1S/C12H19N.ClH/c1-3-4-9-13-10-12-8-6-5-7-11(12)2;/h5-8,13H,3-4,9-10H2,1-2H3;1H. The molecule has 1 N–H and O–H groups in total. The van der Waals surface area contributed by atoms with Crippen molar-refractivity contribution < 1.29 is 0 Å². The van der Waals surface area contributed by atoms with E-state index in [0.29, 0.717) is 0 Å². The highest BCUT2D eigenvalue weighted by molar-refractivity contribution is 5.85. The SMILES string of the molecule is CCCCNCc1ccccc1C.Cl. The lowest BCUT2D eigenvalue weighted by atomic mass is 10.1. The molecule has 0 saturated heterocycles. The predicted octanol–water partition coefficient (Wildman–Crippen LogP) is 3.31. The van der Waals surface area contributed by atoms with E-state index < -0.39 is 0 Å². The molecule has 1 aromatic rings. The first-order chi connectivity index (χ1) is 6.34. The van der Waals surface area contributed by atoms with Gasteiger partial charge in [0.05, 0.1) is 0 Å². The topological polar surface area (TPSA) is 12.0 Å². The Bertz CT molecular complexity index is 248. The molecule has 0 aliphatic carbocycles. The summed E-state index contributed by atoms with van der Waals surface area (Å²) in [7, 11) is 0. The first kappa shape index (κ1) is 13.5. The molecule has 80 valence electrons. The number of hydrogen-bond donors (Lipinski definition) is 1. The Hall–Kier alpha value is -0.530. The molecular weight excluding hydrogens is 194 g/mol. The van der Waals surface area contributed by atoms with Crippen molar-refractivity contribution in [2.75, 3.05) is 6.54 Å². The lowest BCUT2D eigenvalue weighted by Gasteiger charge is -2.06. The molecule has 1 nitrogen and oxygen atoms in total. The maximum absolute atomic E-state index is 3.44. The van der Waals surface area contributed by atoms with Gasteiger partial charge in [0.2, 0.25) is 0 Å². The van der Waals surface area contributed by atoms with Crippen LogP contribution in [0.1, 0.15) is 30.9 Å². The Morgan fingerprint density at radius 1 is 1.21 bits per heavy atom. The number of nitrogens with one attached hydrogen (secondary N) is 1. The van der Waals surface area contributed by atoms with Gasteiger partial charge >= 0.3 is 0 Å². The van der Waals surface area contributed by atoms with Crippen LogP contribution >= 0.6 is 12.4 Å². The second-order valence-electron chi connectivity index (χ2n) is 3.46. The van der Waals surface area contributed by atoms with Gasteiger partial charge in [0, 0.05) is 6.54 Å². The molecule has 0 aromatic heterocycles. The number of hydrogen-bond acceptors (Lipinski definition) is 1. The van der Waals surface area contributed by atoms with Crippen LogP contribution in [0.4, 0.5) is 0 Å². The zero-order valence-electron chi connectivity index (χ0n) is 9.05. The molecule has 0 aliphatic rings. The molecule has 14 heavy (non-hydrogen) atoms. The Kier molecular flexibility index (Phi) is 7.54. The number of rotatable bonds is 5. The van der Waals surface area contributed by atoms with Crippen molar-refractivity contribution in [3.05, 3.63) is 35.4 Å². The molecule has 0 amide bonds. The van der Waals surface area contributed by atoms with Gasteiger partial charge in [-0.15, -0.1) is 12.4 Å². The van der Waals surface area contributed by atoms with E-state index in [1.807, 2.05) is 0 Å². The Labute approximate surface area is 93.3 Å². The molecule has 0 unspecified atom stereocenters. The van der Waals surface area contributed by atoms with Gasteiger partial charge in [0.25, 0.3) is 0 Å². The summed E-state index contributed by atoms with van der Waals surface area (Å²) in [4.78, 5) is 0. The average Bonchev–Trinajstić information content (AvgIpc) is 2.15. The highest BCUT2D eigenvalue weighted by Crippen LogP contribution is 2.05. The van der Waals surface area contributed by atoms with Crippen molar-refractivity contribution in [3.8, 4) is 0 Å². The van der Waals surface area contributed by atoms with E-state index in [2.05, 4.69) is 43.4 Å². The molecule has 0 fully saturated rings. The molecule has 2 heteroatoms. The first-order valence-corrected chi connectivity index (χ1v) is 5.10. The van der Waals surface area contributed by atoms with E-state index in [0.717, 1.165) is 13.1 Å². The van der Waals surface area contributed by atoms with Gasteiger partial charge in [-0.1, -0.05) is 37.6 Å². The molecule has 0 atom stereocenters. The lowest BCUT2D eigenvalue weighted by Crippen LogP contribution is -2.14. The van der Waals surface area contributed by atoms with Crippen LogP contribution in [0.2, 0.25) is 0 Å². The highest BCUT2D eigenvalue weighted by atomic mass is 35.5. The van der Waals surface area contributed by atoms with Crippen LogP contribution in [0.5, 0.6) is 0 Å². The van der Waals surface area contributed by atoms with Gasteiger partial charge in [0.15, 0.2) is 0 Å². The van der Waals surface area contributed by atoms with Crippen LogP contribution in [0, 0.1) is 6.92 Å². The van der Waals surface area contributed by atoms with Crippen LogP contribution < -0.4 is 5.32 Å². The summed E-state index contributed by atoms with van der Waals surface area (Å²) in [5, 5.41) is 3.44. The fourth-order valence-electron chi connectivity index (χ4n) is 1.33. The lowest BCUT2D eigenvalue weighted by molar-refractivity contribution is 0.640. The van der Waals surface area contributed by atoms with E-state index in [1.54, 1.807) is 0 Å². The second kappa shape index (κ2) is 7.84. The third-order valence-corrected chi connectivity index (χ3v) is 2.28. The number of unbranched alkanes of at least 4 members (excludes halogenated alkanes) is 1. The molecule has 0 heterocycles. The van der Waals surface area contributed by atoms with Gasteiger partial charge in [-0.25, -0.2) is 0 Å². The maximum atomic E-state index is 3.44. The predicted molar refractivity (Wildman–Crippen MR) is 65.0 cm³/mol. The van der Waals surface area contributed by atoms with Gasteiger partial charge < -0.3 is 5.32 Å². The maximum Gasteiger partial charge on any atom is 0.0208 e. The van der Waals surface area contributed by atoms with Gasteiger partial charge in [-0.2, -0.15) is 0 Å². The summed E-state index contributed by atoms with van der Waals surface area (Å²) in [6, 6.07) is 8.54. The first-order valence-electron chi connectivity index (χ1n) is 5.10. The van der Waals surface area contributed by atoms with Crippen molar-refractivity contribution in [1.82, 2.24) is 5.32 Å². The van der Waals surface area contributed by atoms with Crippen molar-refractivity contribution in [3.63, 3.8) is 0 Å². The van der Waals surface area contributed by atoms with E-state index in [4.69, 9.17) is 0 Å². The number of aryl methyl sites for hydroxylation is 1. The van der Waals surface area contributed by atoms with Crippen LogP contribution in [0.25, 0.3) is 0 Å². The van der Waals surface area contributed by atoms with E-state index in [9.17, 15) is 0 Å². The Morgan fingerprint density at radius 2 is 1.93 bits per heavy atom. The van der Waals surface area contributed by atoms with Crippen LogP contribution in [0.3, 0.4) is 0 Å². The third-order valence-electron chi connectivity index (χ3n) is 2.28. The minimum absolute atomic E-state index is 0. The molecule has 1 rings (SSSR count). The number of benzene rings is 1. The fraction of sp³-hybridized carbons (Fsp3) is 0.500. The normalized spacial score (nSPS) is 9.57. The van der Waals surface area contributed by atoms with Crippen LogP contribution in [-0.2, 0) is 6.54 Å². The van der Waals surface area contributed by atoms with Gasteiger partial charge in [-0.05, 0) is 31.0 Å². The summed E-state index contributed by atoms with van der Waals surface area (Å²) in [6.45, 7) is 6.52. The Morgan fingerprint density at radius 3 is 2.57 bits per heavy atom.